The Kier molecular flexibility index (Phi) is 20.9. The number of amides is 6. The third-order valence-corrected chi connectivity index (χ3v) is 9.14. The molecule has 0 saturated carbocycles. The minimum atomic E-state index is -2.70. The van der Waals surface area contributed by atoms with Gasteiger partial charge in [0.25, 0.3) is 40.9 Å². The van der Waals surface area contributed by atoms with Crippen molar-refractivity contribution in [3.05, 3.63) is 110 Å². The van der Waals surface area contributed by atoms with E-state index in [2.05, 4.69) is 41.1 Å². The molecule has 3 aromatic carbocycles. The number of aliphatic hydroxyl groups excluding tert-OH is 1. The van der Waals surface area contributed by atoms with Crippen molar-refractivity contribution >= 4 is 94.1 Å². The van der Waals surface area contributed by atoms with Crippen molar-refractivity contribution in [2.45, 2.75) is 36.9 Å². The minimum absolute atomic E-state index is 0.108. The molecule has 3 rings (SSSR count). The largest absolute Gasteiger partial charge is 0.478 e. The van der Waals surface area contributed by atoms with E-state index in [9.17, 15) is 64.0 Å². The van der Waals surface area contributed by atoms with Gasteiger partial charge in [-0.1, -0.05) is 54.6 Å². The van der Waals surface area contributed by atoms with E-state index in [1.807, 2.05) is 16.0 Å². The Morgan fingerprint density at radius 3 is 1.53 bits per heavy atom. The maximum atomic E-state index is 14.2. The fourth-order valence-electron chi connectivity index (χ4n) is 6.04. The Hall–Kier alpha value is -11.0. The van der Waals surface area contributed by atoms with Crippen LogP contribution in [0, 0.1) is 20.2 Å². The van der Waals surface area contributed by atoms with Crippen LogP contribution in [0.3, 0.4) is 0 Å². The van der Waals surface area contributed by atoms with E-state index in [-0.39, 0.29) is 11.3 Å². The summed E-state index contributed by atoms with van der Waals surface area (Å²) in [4.78, 5) is 134. The second-order valence-corrected chi connectivity index (χ2v) is 14.5. The summed E-state index contributed by atoms with van der Waals surface area (Å²) in [5.41, 5.74) is 46.8. The number of primary amides is 1. The first-order chi connectivity index (χ1) is 35.2. The van der Waals surface area contributed by atoms with Gasteiger partial charge in [0.1, 0.15) is 11.7 Å². The van der Waals surface area contributed by atoms with Crippen molar-refractivity contribution in [2.75, 3.05) is 16.9 Å². The van der Waals surface area contributed by atoms with E-state index in [0.717, 1.165) is 0 Å². The van der Waals surface area contributed by atoms with Crippen molar-refractivity contribution in [1.82, 2.24) is 26.6 Å². The summed E-state index contributed by atoms with van der Waals surface area (Å²) < 4.78 is 0. The summed E-state index contributed by atoms with van der Waals surface area (Å²) in [6.45, 7) is -0.768. The maximum Gasteiger partial charge on any atom is 0.338 e. The molecule has 6 amide bonds. The molecule has 0 aliphatic heterocycles. The number of rotatable bonds is 26. The van der Waals surface area contributed by atoms with Gasteiger partial charge in [-0.3, -0.25) is 49.0 Å². The lowest BCUT2D eigenvalue weighted by molar-refractivity contribution is -0.393. The smallest absolute Gasteiger partial charge is 0.338 e. The summed E-state index contributed by atoms with van der Waals surface area (Å²) in [6.07, 6.45) is -8.83. The molecule has 27 N–H and O–H groups in total. The highest BCUT2D eigenvalue weighted by Crippen LogP contribution is 2.37. The Bertz CT molecular complexity index is 2760. The number of nitrogens with two attached hydrogens (primary N) is 9. The van der Waals surface area contributed by atoms with Crippen LogP contribution in [0.2, 0.25) is 0 Å². The fraction of sp³-hybridized carbons (Fsp3) is 0.184. The summed E-state index contributed by atoms with van der Waals surface area (Å²) in [7, 11) is 0. The van der Waals surface area contributed by atoms with Crippen LogP contribution in [0.25, 0.3) is 6.08 Å². The number of nitrogens with one attached hydrogen (secondary N) is 6. The second kappa shape index (κ2) is 26.9. The van der Waals surface area contributed by atoms with Crippen LogP contribution in [-0.2, 0) is 33.8 Å². The number of guanidine groups is 4. The van der Waals surface area contributed by atoms with E-state index >= 15 is 0 Å². The summed E-state index contributed by atoms with van der Waals surface area (Å²) in [6, 6.07) is 11.3. The number of aliphatic imine (C=N–C) groups is 4. The molecule has 3 aromatic rings. The van der Waals surface area contributed by atoms with Crippen LogP contribution >= 0.6 is 0 Å². The number of carbonyl (C=O) groups excluding carboxylic acids is 6. The van der Waals surface area contributed by atoms with Crippen LogP contribution in [0.5, 0.6) is 0 Å². The number of anilines is 2. The lowest BCUT2D eigenvalue weighted by Gasteiger charge is -2.30. The molecule has 0 radical (unpaired) electrons. The number of nitro groups is 2. The van der Waals surface area contributed by atoms with Crippen LogP contribution < -0.4 is 88.6 Å². The van der Waals surface area contributed by atoms with Gasteiger partial charge in [-0.25, -0.2) is 35.5 Å². The molecule has 0 fully saturated rings. The number of benzene rings is 3. The van der Waals surface area contributed by atoms with Gasteiger partial charge in [0, 0.05) is 12.6 Å². The van der Waals surface area contributed by atoms with Crippen LogP contribution in [0.15, 0.2) is 92.8 Å². The van der Waals surface area contributed by atoms with Gasteiger partial charge in [0.05, 0.1) is 27.2 Å². The van der Waals surface area contributed by atoms with Gasteiger partial charge in [0.2, 0.25) is 36.8 Å². The Morgan fingerprint density at radius 2 is 1.11 bits per heavy atom. The monoisotopic (exact) mass is 1050 g/mol. The minimum Gasteiger partial charge on any atom is -0.478 e. The SMILES string of the molecule is NC(=O)C(N=C(N)N)NC(=O)C(N=C(N)N)NC(=O)C(N=C(N)N)NC(=O)C(N=C(N)N)NC(=O)C(NC(=O)C(O)N(C/C=C\c1ccc(NOO)cc1)c1c(C(=O)O)cc([N+](=O)[O-])cc1[N+](=O)[O-])c1ccccc1. The van der Waals surface area contributed by atoms with Crippen molar-refractivity contribution in [3.63, 3.8) is 0 Å². The fourth-order valence-corrected chi connectivity index (χ4v) is 6.04. The lowest BCUT2D eigenvalue weighted by atomic mass is 10.1. The first-order valence-electron chi connectivity index (χ1n) is 20.4. The molecular weight excluding hydrogens is 1000 g/mol. The molecule has 0 spiro atoms. The summed E-state index contributed by atoms with van der Waals surface area (Å²) in [5, 5.41) is 64.8. The Labute approximate surface area is 419 Å². The third-order valence-electron chi connectivity index (χ3n) is 9.14. The molecule has 0 saturated heterocycles. The number of carboxylic acids is 1. The highest BCUT2D eigenvalue weighted by Gasteiger charge is 2.38. The predicted octanol–water partition coefficient (Wildman–Crippen LogP) is -6.94. The normalized spacial score (nSPS) is 13.0. The topological polar surface area (TPSA) is 635 Å². The summed E-state index contributed by atoms with van der Waals surface area (Å²) in [5.74, 6) is -13.9. The zero-order valence-electron chi connectivity index (χ0n) is 38.2. The first kappa shape index (κ1) is 58.4. The van der Waals surface area contributed by atoms with Crippen molar-refractivity contribution in [2.24, 2.45) is 71.6 Å². The molecule has 0 heterocycles. The number of aromatic carboxylic acids is 1. The van der Waals surface area contributed by atoms with E-state index in [1.165, 1.54) is 66.7 Å². The quantitative estimate of drug-likeness (QED) is 0.00887. The number of nitro benzene ring substituents is 2. The van der Waals surface area contributed by atoms with Crippen molar-refractivity contribution in [3.8, 4) is 0 Å². The van der Waals surface area contributed by atoms with Gasteiger partial charge in [0.15, 0.2) is 23.8 Å². The first-order valence-corrected chi connectivity index (χ1v) is 20.4. The molecule has 0 aliphatic carbocycles. The number of aliphatic hydroxyl groups is 1. The Morgan fingerprint density at radius 1 is 0.640 bits per heavy atom. The van der Waals surface area contributed by atoms with E-state index in [4.69, 9.17) is 56.9 Å². The van der Waals surface area contributed by atoms with Crippen LogP contribution in [0.4, 0.5) is 22.7 Å². The maximum absolute atomic E-state index is 14.2. The molecule has 0 aliphatic rings. The molecule has 0 aromatic heterocycles. The highest BCUT2D eigenvalue weighted by atomic mass is 17.2. The number of carboxylic acid groups (broad SMARTS) is 1. The van der Waals surface area contributed by atoms with Gasteiger partial charge in [-0.15, -0.1) is 4.99 Å². The zero-order chi connectivity index (χ0) is 56.3. The average Bonchev–Trinajstić information content (AvgIpc) is 3.33. The van der Waals surface area contributed by atoms with Gasteiger partial charge < -0.3 is 93.3 Å². The number of hydrogen-bond donors (Lipinski definition) is 18. The standard InChI is InChI=1S/C38H48N22O15/c39-23(61)24(53-35(40)41)49-29(63)26(55-37(44)45)51-31(65)27(56-38(46)47)52-30(64)25(54-36(42)43)50-28(62)21(16-6-2-1-3-7-16)48-32(66)33(67)58(12-4-5-15-8-10-17(11-9-15)57-75-74)22-19(34(68)69)13-18(59(70)71)14-20(22)60(72)73/h1-11,13-14,21,24-27,33,57,67,74H,12H2,(H2,39,61)(H,48,66)(H,49,63)(H,50,62)(H,51,65)(H,52,64)(H,68,69)(H4,40,41,53)(H4,42,43,54)(H4,44,45,55)(H4,46,47,56)/b5-4-. The molecule has 6 unspecified atom stereocenters. The molecule has 400 valence electrons. The van der Waals surface area contributed by atoms with Gasteiger partial charge >= 0.3 is 5.97 Å². The van der Waals surface area contributed by atoms with Crippen LogP contribution in [-0.4, -0.2) is 128 Å². The van der Waals surface area contributed by atoms with E-state index < -0.39 is 141 Å². The predicted molar refractivity (Wildman–Crippen MR) is 260 cm³/mol. The molecule has 37 heteroatoms. The molecule has 37 nitrogen and oxygen atoms in total. The highest BCUT2D eigenvalue weighted by molar-refractivity contribution is 6.01. The summed E-state index contributed by atoms with van der Waals surface area (Å²) >= 11 is 0. The lowest BCUT2D eigenvalue weighted by Crippen LogP contribution is -2.58. The number of hydrogen-bond acceptors (Lipinski definition) is 20. The van der Waals surface area contributed by atoms with Crippen molar-refractivity contribution < 1.29 is 63.9 Å². The zero-order valence-corrected chi connectivity index (χ0v) is 38.2. The number of non-ortho nitro benzene ring substituents is 1. The molecule has 75 heavy (non-hydrogen) atoms. The average molecular weight is 1050 g/mol. The third kappa shape index (κ3) is 17.4. The molecule has 6 atom stereocenters. The van der Waals surface area contributed by atoms with Crippen molar-refractivity contribution in [1.29, 1.82) is 0 Å². The second-order valence-electron chi connectivity index (χ2n) is 14.5. The molecule has 0 bridgehead atoms. The van der Waals surface area contributed by atoms with Gasteiger partial charge in [-0.2, -0.15) is 0 Å². The number of carbonyl (C=O) groups is 7. The van der Waals surface area contributed by atoms with E-state index in [0.29, 0.717) is 22.6 Å². The molecular formula is C38H48N22O15. The number of nitrogens with zero attached hydrogens (tertiary/aromatic N) is 7. The van der Waals surface area contributed by atoms with E-state index in [1.54, 1.807) is 0 Å². The van der Waals surface area contributed by atoms with Crippen LogP contribution in [0.1, 0.15) is 27.5 Å². The Balaban J connectivity index is 2.08. The van der Waals surface area contributed by atoms with Gasteiger partial charge in [-0.05, 0) is 23.3 Å².